The van der Waals surface area contributed by atoms with Gasteiger partial charge in [-0.2, -0.15) is 0 Å². The maximum absolute atomic E-state index is 12.6. The van der Waals surface area contributed by atoms with Crippen molar-refractivity contribution in [3.8, 4) is 5.75 Å². The average molecular weight is 354 g/mol. The minimum absolute atomic E-state index is 0.146. The van der Waals surface area contributed by atoms with E-state index < -0.39 is 0 Å². The summed E-state index contributed by atoms with van der Waals surface area (Å²) in [5, 5.41) is 0.851. The Kier molecular flexibility index (Phi) is 6.12. The Balaban J connectivity index is 1.56. The molecule has 0 unspecified atom stereocenters. The van der Waals surface area contributed by atoms with Crippen molar-refractivity contribution in [3.05, 3.63) is 65.7 Å². The maximum Gasteiger partial charge on any atom is 0.228 e. The Labute approximate surface area is 152 Å². The van der Waals surface area contributed by atoms with Crippen LogP contribution in [0.5, 0.6) is 5.75 Å². The van der Waals surface area contributed by atoms with Crippen molar-refractivity contribution in [1.29, 1.82) is 0 Å². The lowest BCUT2D eigenvalue weighted by atomic mass is 10.1. The van der Waals surface area contributed by atoms with Crippen LogP contribution in [0.15, 0.2) is 59.6 Å². The number of ether oxygens (including phenoxy) is 1. The first kappa shape index (κ1) is 17.5. The number of hydrogen-bond acceptors (Lipinski definition) is 4. The van der Waals surface area contributed by atoms with Crippen LogP contribution in [0.4, 0.5) is 0 Å². The minimum Gasteiger partial charge on any atom is -0.497 e. The van der Waals surface area contributed by atoms with Gasteiger partial charge in [0, 0.05) is 18.7 Å². The molecule has 2 aromatic carbocycles. The lowest BCUT2D eigenvalue weighted by Gasteiger charge is -2.16. The highest BCUT2D eigenvalue weighted by Gasteiger charge is 2.25. The Morgan fingerprint density at radius 2 is 1.88 bits per heavy atom. The van der Waals surface area contributed by atoms with Gasteiger partial charge in [-0.3, -0.25) is 14.7 Å². The van der Waals surface area contributed by atoms with E-state index in [0.717, 1.165) is 40.8 Å². The Morgan fingerprint density at radius 1 is 1.12 bits per heavy atom. The number of amidine groups is 1. The normalized spacial score (nSPS) is 15.6. The zero-order valence-corrected chi connectivity index (χ0v) is 15.2. The Hall–Kier alpha value is -2.27. The van der Waals surface area contributed by atoms with Gasteiger partial charge in [0.15, 0.2) is 5.17 Å². The number of carbonyl (C=O) groups excluding carboxylic acids is 1. The van der Waals surface area contributed by atoms with Crippen molar-refractivity contribution < 1.29 is 9.53 Å². The molecule has 1 aliphatic heterocycles. The first-order valence-corrected chi connectivity index (χ1v) is 9.39. The van der Waals surface area contributed by atoms with Crippen LogP contribution in [0.2, 0.25) is 0 Å². The number of rotatable bonds is 6. The third kappa shape index (κ3) is 4.86. The summed E-state index contributed by atoms with van der Waals surface area (Å²) in [7, 11) is 1.65. The molecule has 3 rings (SSSR count). The molecule has 0 atom stereocenters. The van der Waals surface area contributed by atoms with E-state index in [9.17, 15) is 4.79 Å². The summed E-state index contributed by atoms with van der Waals surface area (Å²) in [6.07, 6.45) is 1.23. The number of nitrogens with zero attached hydrogens (tertiary/aromatic N) is 2. The van der Waals surface area contributed by atoms with Crippen molar-refractivity contribution in [2.24, 2.45) is 4.99 Å². The molecule has 0 bridgehead atoms. The molecule has 0 aromatic heterocycles. The second-order valence-electron chi connectivity index (χ2n) is 5.83. The summed E-state index contributed by atoms with van der Waals surface area (Å²) in [5.41, 5.74) is 2.30. The van der Waals surface area contributed by atoms with E-state index >= 15 is 0 Å². The monoisotopic (exact) mass is 354 g/mol. The lowest BCUT2D eigenvalue weighted by Crippen LogP contribution is -2.32. The standard InChI is InChI=1S/C20H22N2O2S/c1-24-18-10-7-16(8-11-18)9-12-19(23)22-13-14-25-20(22)21-15-17-5-3-2-4-6-17/h2-8,10-11H,9,12-15H2,1H3. The second kappa shape index (κ2) is 8.72. The summed E-state index contributed by atoms with van der Waals surface area (Å²) in [5.74, 6) is 1.90. The van der Waals surface area contributed by atoms with Gasteiger partial charge in [0.05, 0.1) is 13.7 Å². The summed E-state index contributed by atoms with van der Waals surface area (Å²) < 4.78 is 5.16. The highest BCUT2D eigenvalue weighted by Crippen LogP contribution is 2.21. The van der Waals surface area contributed by atoms with Crippen LogP contribution >= 0.6 is 11.8 Å². The lowest BCUT2D eigenvalue weighted by molar-refractivity contribution is -0.126. The largest absolute Gasteiger partial charge is 0.497 e. The summed E-state index contributed by atoms with van der Waals surface area (Å²) >= 11 is 1.66. The zero-order valence-electron chi connectivity index (χ0n) is 14.4. The van der Waals surface area contributed by atoms with E-state index in [1.165, 1.54) is 0 Å². The molecule has 1 aliphatic rings. The van der Waals surface area contributed by atoms with Gasteiger partial charge < -0.3 is 4.74 Å². The number of aliphatic imine (C=N–C) groups is 1. The number of thioether (sulfide) groups is 1. The number of carbonyl (C=O) groups is 1. The molecule has 1 heterocycles. The van der Waals surface area contributed by atoms with Crippen molar-refractivity contribution >= 4 is 22.8 Å². The molecule has 4 nitrogen and oxygen atoms in total. The fourth-order valence-corrected chi connectivity index (χ4v) is 3.65. The highest BCUT2D eigenvalue weighted by molar-refractivity contribution is 8.14. The molecule has 1 saturated heterocycles. The third-order valence-corrected chi connectivity index (χ3v) is 5.10. The number of hydrogen-bond donors (Lipinski definition) is 0. The molecule has 0 radical (unpaired) electrons. The van der Waals surface area contributed by atoms with E-state index in [-0.39, 0.29) is 5.91 Å². The van der Waals surface area contributed by atoms with E-state index in [1.807, 2.05) is 47.4 Å². The number of amides is 1. The van der Waals surface area contributed by atoms with Crippen LogP contribution in [0, 0.1) is 0 Å². The molecule has 0 N–H and O–H groups in total. The van der Waals surface area contributed by atoms with Crippen LogP contribution in [-0.2, 0) is 17.8 Å². The number of methoxy groups -OCH3 is 1. The third-order valence-electron chi connectivity index (χ3n) is 4.10. The molecule has 130 valence electrons. The van der Waals surface area contributed by atoms with Crippen molar-refractivity contribution in [3.63, 3.8) is 0 Å². The van der Waals surface area contributed by atoms with Crippen LogP contribution in [0.3, 0.4) is 0 Å². The molecule has 1 amide bonds. The van der Waals surface area contributed by atoms with Gasteiger partial charge in [0.1, 0.15) is 5.75 Å². The quantitative estimate of drug-likeness (QED) is 0.793. The predicted octanol–water partition coefficient (Wildman–Crippen LogP) is 3.76. The topological polar surface area (TPSA) is 41.9 Å². The fraction of sp³-hybridized carbons (Fsp3) is 0.300. The molecule has 2 aromatic rings. The summed E-state index contributed by atoms with van der Waals surface area (Å²) in [6.45, 7) is 1.37. The van der Waals surface area contributed by atoms with Crippen LogP contribution in [0.1, 0.15) is 17.5 Å². The second-order valence-corrected chi connectivity index (χ2v) is 6.89. The SMILES string of the molecule is COc1ccc(CCC(=O)N2CCSC2=NCc2ccccc2)cc1. The smallest absolute Gasteiger partial charge is 0.228 e. The van der Waals surface area contributed by atoms with E-state index in [1.54, 1.807) is 18.9 Å². The van der Waals surface area contributed by atoms with E-state index in [4.69, 9.17) is 4.74 Å². The van der Waals surface area contributed by atoms with Gasteiger partial charge >= 0.3 is 0 Å². The minimum atomic E-state index is 0.146. The first-order chi connectivity index (χ1) is 12.3. The Morgan fingerprint density at radius 3 is 2.60 bits per heavy atom. The van der Waals surface area contributed by atoms with E-state index in [0.29, 0.717) is 13.0 Å². The van der Waals surface area contributed by atoms with Crippen molar-refractivity contribution in [1.82, 2.24) is 4.90 Å². The zero-order chi connectivity index (χ0) is 17.5. The Bertz CT molecular complexity index is 729. The molecule has 25 heavy (non-hydrogen) atoms. The molecule has 0 spiro atoms. The maximum atomic E-state index is 12.6. The van der Waals surface area contributed by atoms with Gasteiger partial charge in [-0.15, -0.1) is 0 Å². The fourth-order valence-electron chi connectivity index (χ4n) is 2.68. The van der Waals surface area contributed by atoms with Crippen LogP contribution in [0.25, 0.3) is 0 Å². The van der Waals surface area contributed by atoms with Gasteiger partial charge in [0.2, 0.25) is 5.91 Å². The molecule has 0 saturated carbocycles. The van der Waals surface area contributed by atoms with Gasteiger partial charge in [-0.25, -0.2) is 0 Å². The first-order valence-electron chi connectivity index (χ1n) is 8.41. The summed E-state index contributed by atoms with van der Waals surface area (Å²) in [4.78, 5) is 19.0. The molecule has 1 fully saturated rings. The molecular weight excluding hydrogens is 332 g/mol. The van der Waals surface area contributed by atoms with Crippen LogP contribution in [-0.4, -0.2) is 35.4 Å². The predicted molar refractivity (Wildman–Crippen MR) is 103 cm³/mol. The van der Waals surface area contributed by atoms with Gasteiger partial charge in [-0.05, 0) is 29.7 Å². The van der Waals surface area contributed by atoms with Gasteiger partial charge in [-0.1, -0.05) is 54.2 Å². The van der Waals surface area contributed by atoms with Crippen molar-refractivity contribution in [2.75, 3.05) is 19.4 Å². The molecular formula is C20H22N2O2S. The highest BCUT2D eigenvalue weighted by atomic mass is 32.2. The average Bonchev–Trinajstić information content (AvgIpc) is 3.14. The van der Waals surface area contributed by atoms with E-state index in [2.05, 4.69) is 17.1 Å². The number of benzene rings is 2. The molecule has 5 heteroatoms. The van der Waals surface area contributed by atoms with Crippen molar-refractivity contribution in [2.45, 2.75) is 19.4 Å². The van der Waals surface area contributed by atoms with Gasteiger partial charge in [0.25, 0.3) is 0 Å². The number of aryl methyl sites for hydroxylation is 1. The summed E-state index contributed by atoms with van der Waals surface area (Å²) in [6, 6.07) is 18.0. The molecule has 0 aliphatic carbocycles. The van der Waals surface area contributed by atoms with Crippen LogP contribution < -0.4 is 4.74 Å².